The fourth-order valence-electron chi connectivity index (χ4n) is 4.91. The summed E-state index contributed by atoms with van der Waals surface area (Å²) in [5, 5.41) is 22.2. The third kappa shape index (κ3) is 3.22. The van der Waals surface area contributed by atoms with Gasteiger partial charge in [0.05, 0.1) is 18.1 Å². The maximum absolute atomic E-state index is 13.2. The lowest BCUT2D eigenvalue weighted by Gasteiger charge is -2.45. The van der Waals surface area contributed by atoms with Crippen LogP contribution in [0.25, 0.3) is 11.1 Å². The van der Waals surface area contributed by atoms with Gasteiger partial charge in [0.25, 0.3) is 0 Å². The fraction of sp³-hybridized carbons (Fsp3) is 0.435. The number of carbonyl (C=O) groups excluding carboxylic acids is 1. The van der Waals surface area contributed by atoms with Gasteiger partial charge in [-0.3, -0.25) is 4.79 Å². The molecule has 2 aromatic carbocycles. The molecule has 2 aromatic rings. The van der Waals surface area contributed by atoms with Gasteiger partial charge in [-0.1, -0.05) is 55.3 Å². The van der Waals surface area contributed by atoms with Crippen molar-refractivity contribution in [1.82, 2.24) is 0 Å². The number of benzene rings is 2. The number of fused-ring (bicyclic) bond motifs is 2. The Bertz CT molecular complexity index is 845. The van der Waals surface area contributed by atoms with E-state index in [2.05, 4.69) is 19.1 Å². The van der Waals surface area contributed by atoms with Crippen LogP contribution in [0, 0.1) is 11.8 Å². The first-order chi connectivity index (χ1) is 13.0. The lowest BCUT2D eigenvalue weighted by Crippen LogP contribution is -2.54. The summed E-state index contributed by atoms with van der Waals surface area (Å²) in [6, 6.07) is 13.8. The van der Waals surface area contributed by atoms with Crippen molar-refractivity contribution in [3.05, 3.63) is 58.6 Å². The van der Waals surface area contributed by atoms with Gasteiger partial charge < -0.3 is 10.2 Å². The van der Waals surface area contributed by atoms with Gasteiger partial charge in [0, 0.05) is 16.9 Å². The molecule has 0 aromatic heterocycles. The van der Waals surface area contributed by atoms with Gasteiger partial charge in [-0.25, -0.2) is 0 Å². The molecule has 2 bridgehead atoms. The van der Waals surface area contributed by atoms with E-state index in [1.54, 1.807) is 0 Å². The second-order valence-electron chi connectivity index (χ2n) is 7.84. The highest BCUT2D eigenvalue weighted by atomic mass is 35.5. The summed E-state index contributed by atoms with van der Waals surface area (Å²) in [7, 11) is 0. The summed E-state index contributed by atoms with van der Waals surface area (Å²) < 4.78 is 0. The summed E-state index contributed by atoms with van der Waals surface area (Å²) >= 11 is 6.00. The van der Waals surface area contributed by atoms with Crippen molar-refractivity contribution >= 4 is 17.4 Å². The molecule has 2 fully saturated rings. The van der Waals surface area contributed by atoms with Crippen molar-refractivity contribution in [3.63, 3.8) is 0 Å². The molecular weight excluding hydrogens is 360 g/mol. The second-order valence-corrected chi connectivity index (χ2v) is 8.27. The molecule has 0 aliphatic heterocycles. The van der Waals surface area contributed by atoms with Crippen molar-refractivity contribution in [2.75, 3.05) is 0 Å². The summed E-state index contributed by atoms with van der Waals surface area (Å²) in [5.41, 5.74) is 4.03. The Morgan fingerprint density at radius 2 is 1.70 bits per heavy atom. The number of aliphatic hydroxyl groups excluding tert-OH is 2. The maximum Gasteiger partial charge on any atom is 0.148 e. The van der Waals surface area contributed by atoms with E-state index in [0.29, 0.717) is 5.02 Å². The predicted octanol–water partition coefficient (Wildman–Crippen LogP) is 4.37. The van der Waals surface area contributed by atoms with Gasteiger partial charge in [-0.05, 0) is 53.6 Å². The van der Waals surface area contributed by atoms with Gasteiger partial charge in [0.1, 0.15) is 5.78 Å². The van der Waals surface area contributed by atoms with Crippen LogP contribution in [0.4, 0.5) is 0 Å². The minimum Gasteiger partial charge on any atom is -0.392 e. The zero-order chi connectivity index (χ0) is 19.1. The first kappa shape index (κ1) is 18.7. The van der Waals surface area contributed by atoms with Gasteiger partial charge in [-0.15, -0.1) is 0 Å². The average molecular weight is 385 g/mol. The Kier molecular flexibility index (Phi) is 5.11. The van der Waals surface area contributed by atoms with Crippen molar-refractivity contribution in [2.45, 2.75) is 50.7 Å². The van der Waals surface area contributed by atoms with Crippen LogP contribution in [0.3, 0.4) is 0 Å². The van der Waals surface area contributed by atoms with Crippen LogP contribution in [0.5, 0.6) is 0 Å². The molecule has 0 radical (unpaired) electrons. The summed E-state index contributed by atoms with van der Waals surface area (Å²) in [4.78, 5) is 13.2. The lowest BCUT2D eigenvalue weighted by molar-refractivity contribution is -0.150. The highest BCUT2D eigenvalue weighted by Gasteiger charge is 2.51. The van der Waals surface area contributed by atoms with E-state index < -0.39 is 18.1 Å². The van der Waals surface area contributed by atoms with Gasteiger partial charge in [0.15, 0.2) is 0 Å². The Hall–Kier alpha value is -1.68. The first-order valence-corrected chi connectivity index (χ1v) is 10.2. The lowest BCUT2D eigenvalue weighted by atomic mass is 9.61. The molecular formula is C23H25ClO3. The van der Waals surface area contributed by atoms with Crippen LogP contribution in [0.15, 0.2) is 42.5 Å². The summed E-state index contributed by atoms with van der Waals surface area (Å²) in [6.45, 7) is 2.07. The monoisotopic (exact) mass is 384 g/mol. The molecule has 27 heavy (non-hydrogen) atoms. The number of aryl methyl sites for hydroxylation is 1. The molecule has 0 heterocycles. The molecule has 142 valence electrons. The summed E-state index contributed by atoms with van der Waals surface area (Å²) in [5.74, 6) is -1.11. The number of hydrogen-bond acceptors (Lipinski definition) is 3. The maximum atomic E-state index is 13.2. The normalized spacial score (nSPS) is 30.4. The molecule has 2 N–H and O–H groups in total. The molecule has 3 nitrogen and oxygen atoms in total. The fourth-order valence-corrected chi connectivity index (χ4v) is 5.03. The van der Waals surface area contributed by atoms with Crippen molar-refractivity contribution in [3.8, 4) is 11.1 Å². The van der Waals surface area contributed by atoms with Crippen molar-refractivity contribution in [2.24, 2.45) is 11.8 Å². The highest BCUT2D eigenvalue weighted by molar-refractivity contribution is 6.30. The third-order valence-electron chi connectivity index (χ3n) is 6.40. The second kappa shape index (κ2) is 7.38. The SMILES string of the molecule is CCc1ccc(-c2ccc(Cl)cc2)cc1C1C(=O)C2CCCC(C2O)C1O. The molecule has 2 aliphatic rings. The third-order valence-corrected chi connectivity index (χ3v) is 6.65. The molecule has 4 heteroatoms. The molecule has 4 rings (SSSR count). The predicted molar refractivity (Wildman–Crippen MR) is 107 cm³/mol. The zero-order valence-electron chi connectivity index (χ0n) is 15.4. The Morgan fingerprint density at radius 3 is 2.41 bits per heavy atom. The van der Waals surface area contributed by atoms with E-state index in [1.807, 2.05) is 30.3 Å². The van der Waals surface area contributed by atoms with Crippen LogP contribution in [0.1, 0.15) is 43.2 Å². The molecule has 0 spiro atoms. The van der Waals surface area contributed by atoms with Crippen molar-refractivity contribution in [1.29, 1.82) is 0 Å². The number of aliphatic hydroxyl groups is 2. The van der Waals surface area contributed by atoms with Gasteiger partial charge in [-0.2, -0.15) is 0 Å². The average Bonchev–Trinajstić information content (AvgIpc) is 2.67. The minimum atomic E-state index is -0.824. The molecule has 0 amide bonds. The zero-order valence-corrected chi connectivity index (χ0v) is 16.2. The minimum absolute atomic E-state index is 0.00564. The largest absolute Gasteiger partial charge is 0.392 e. The Balaban J connectivity index is 1.78. The highest BCUT2D eigenvalue weighted by Crippen LogP contribution is 2.46. The van der Waals surface area contributed by atoms with Crippen LogP contribution < -0.4 is 0 Å². The first-order valence-electron chi connectivity index (χ1n) is 9.80. The molecule has 2 saturated carbocycles. The Labute approximate surface area is 165 Å². The number of halogens is 1. The van der Waals surface area contributed by atoms with E-state index in [1.165, 1.54) is 0 Å². The standard InChI is InChI=1S/C23H25ClO3/c1-2-13-6-7-15(14-8-10-16(24)11-9-14)12-19(13)20-22(26)17-4-3-5-18(21(17)25)23(20)27/h6-12,17-18,20-22,25-26H,2-5H2,1H3. The number of hydrogen-bond donors (Lipinski definition) is 2. The summed E-state index contributed by atoms with van der Waals surface area (Å²) in [6.07, 6.45) is 1.66. The topological polar surface area (TPSA) is 57.5 Å². The van der Waals surface area contributed by atoms with E-state index >= 15 is 0 Å². The Morgan fingerprint density at radius 1 is 1.00 bits per heavy atom. The van der Waals surface area contributed by atoms with Crippen LogP contribution in [-0.2, 0) is 11.2 Å². The van der Waals surface area contributed by atoms with E-state index in [9.17, 15) is 15.0 Å². The number of ketones is 1. The van der Waals surface area contributed by atoms with Crippen molar-refractivity contribution < 1.29 is 15.0 Å². The van der Waals surface area contributed by atoms with Crippen LogP contribution >= 0.6 is 11.6 Å². The molecule has 5 atom stereocenters. The molecule has 2 aliphatic carbocycles. The van der Waals surface area contributed by atoms with Gasteiger partial charge in [0.2, 0.25) is 0 Å². The van der Waals surface area contributed by atoms with E-state index in [0.717, 1.165) is 47.9 Å². The quantitative estimate of drug-likeness (QED) is 0.825. The molecule has 0 saturated heterocycles. The molecule has 5 unspecified atom stereocenters. The number of Topliss-reactive ketones (excluding diaryl/α,β-unsaturated/α-hetero) is 1. The van der Waals surface area contributed by atoms with E-state index in [4.69, 9.17) is 11.6 Å². The van der Waals surface area contributed by atoms with Crippen LogP contribution in [-0.4, -0.2) is 28.2 Å². The number of carbonyl (C=O) groups is 1. The smallest absolute Gasteiger partial charge is 0.148 e. The van der Waals surface area contributed by atoms with Gasteiger partial charge >= 0.3 is 0 Å². The number of rotatable bonds is 3. The van der Waals surface area contributed by atoms with Crippen LogP contribution in [0.2, 0.25) is 5.02 Å². The van der Waals surface area contributed by atoms with E-state index in [-0.39, 0.29) is 17.6 Å².